The van der Waals surface area contributed by atoms with E-state index in [4.69, 9.17) is 10.9 Å². The van der Waals surface area contributed by atoms with Crippen LogP contribution in [0.25, 0.3) is 0 Å². The first-order valence-corrected chi connectivity index (χ1v) is 6.57. The van der Waals surface area contributed by atoms with E-state index in [9.17, 15) is 4.79 Å². The zero-order valence-corrected chi connectivity index (χ0v) is 10.6. The monoisotopic (exact) mass is 269 g/mol. The Morgan fingerprint density at radius 3 is 2.94 bits per heavy atom. The van der Waals surface area contributed by atoms with E-state index in [1.54, 1.807) is 11.3 Å². The molecule has 0 aromatic carbocycles. The van der Waals surface area contributed by atoms with Crippen LogP contribution in [0.3, 0.4) is 0 Å². The molecule has 1 fully saturated rings. The summed E-state index contributed by atoms with van der Waals surface area (Å²) in [6.07, 6.45) is 1.35. The van der Waals surface area contributed by atoms with Crippen LogP contribution in [0.1, 0.15) is 18.5 Å². The third kappa shape index (κ3) is 2.95. The van der Waals surface area contributed by atoms with Crippen molar-refractivity contribution in [1.29, 1.82) is 0 Å². The fraction of sp³-hybridized carbons (Fsp3) is 0.600. The minimum Gasteiger partial charge on any atom is -0.481 e. The normalized spacial score (nSPS) is 17.4. The summed E-state index contributed by atoms with van der Waals surface area (Å²) in [5, 5.41) is 18.7. The highest BCUT2D eigenvalue weighted by molar-refractivity contribution is 7.13. The summed E-state index contributed by atoms with van der Waals surface area (Å²) in [4.78, 5) is 17.4. The highest BCUT2D eigenvalue weighted by Gasteiger charge is 2.25. The number of carboxylic acids is 1. The summed E-state index contributed by atoms with van der Waals surface area (Å²) in [6, 6.07) is 0. The quantitative estimate of drug-likeness (QED) is 0.486. The van der Waals surface area contributed by atoms with Crippen molar-refractivity contribution in [1.82, 2.24) is 4.98 Å². The molecule has 0 bridgehead atoms. The Bertz CT molecular complexity index is 439. The molecule has 0 radical (unpaired) electrons. The molecule has 1 aliphatic heterocycles. The number of carboxylic acid groups (broad SMARTS) is 1. The number of nitrogens with zero attached hydrogens (tertiary/aromatic N) is 4. The maximum Gasteiger partial charge on any atom is 0.306 e. The van der Waals surface area contributed by atoms with Gasteiger partial charge < -0.3 is 15.8 Å². The first-order valence-electron chi connectivity index (χ1n) is 5.69. The topological polar surface area (TPSA) is 104 Å². The number of thiazole rings is 1. The second-order valence-corrected chi connectivity index (χ2v) is 4.97. The van der Waals surface area contributed by atoms with Crippen LogP contribution in [0.5, 0.6) is 0 Å². The fourth-order valence-corrected chi connectivity index (χ4v) is 2.82. The van der Waals surface area contributed by atoms with E-state index in [-0.39, 0.29) is 5.92 Å². The smallest absolute Gasteiger partial charge is 0.306 e. The van der Waals surface area contributed by atoms with Gasteiger partial charge in [0.25, 0.3) is 0 Å². The Balaban J connectivity index is 1.93. The number of carbonyl (C=O) groups is 1. The van der Waals surface area contributed by atoms with Crippen molar-refractivity contribution in [3.05, 3.63) is 11.1 Å². The van der Waals surface area contributed by atoms with Gasteiger partial charge in [-0.3, -0.25) is 4.79 Å². The third-order valence-corrected chi connectivity index (χ3v) is 3.92. The lowest BCUT2D eigenvalue weighted by molar-refractivity contribution is -0.142. The summed E-state index contributed by atoms with van der Waals surface area (Å²) < 4.78 is 0. The van der Waals surface area contributed by atoms with Crippen LogP contribution in [0.4, 0.5) is 5.13 Å². The Morgan fingerprint density at radius 2 is 2.33 bits per heavy atom. The lowest BCUT2D eigenvalue weighted by atomic mass is 9.98. The zero-order valence-electron chi connectivity index (χ0n) is 9.82. The third-order valence-electron chi connectivity index (χ3n) is 2.97. The highest BCUT2D eigenvalue weighted by atomic mass is 32.1. The fourth-order valence-electron chi connectivity index (χ4n) is 1.95. The van der Waals surface area contributed by atoms with Crippen molar-refractivity contribution in [2.24, 2.45) is 22.1 Å². The first-order chi connectivity index (χ1) is 8.70. The van der Waals surface area contributed by atoms with Gasteiger partial charge in [-0.15, -0.1) is 11.3 Å². The van der Waals surface area contributed by atoms with Gasteiger partial charge in [-0.25, -0.2) is 4.98 Å². The van der Waals surface area contributed by atoms with Crippen LogP contribution in [0.2, 0.25) is 0 Å². The van der Waals surface area contributed by atoms with Crippen LogP contribution in [0, 0.1) is 5.92 Å². The molecule has 1 saturated heterocycles. The van der Waals surface area contributed by atoms with Crippen LogP contribution in [-0.4, -0.2) is 29.1 Å². The second kappa shape index (κ2) is 5.76. The molecule has 2 rings (SSSR count). The molecule has 98 valence electrons. The molecular weight excluding hydrogens is 254 g/mol. The van der Waals surface area contributed by atoms with E-state index in [1.807, 2.05) is 5.38 Å². The van der Waals surface area contributed by atoms with Gasteiger partial charge in [0.05, 0.1) is 11.6 Å². The van der Waals surface area contributed by atoms with Gasteiger partial charge in [0, 0.05) is 18.5 Å². The Morgan fingerprint density at radius 1 is 1.61 bits per heavy atom. The number of anilines is 1. The van der Waals surface area contributed by atoms with Crippen LogP contribution in [0.15, 0.2) is 15.7 Å². The van der Waals surface area contributed by atoms with Crippen molar-refractivity contribution < 1.29 is 9.90 Å². The molecule has 1 aliphatic rings. The van der Waals surface area contributed by atoms with Crippen molar-refractivity contribution in [3.8, 4) is 0 Å². The SMILES string of the molecule is NN=NCc1csc(N2CCC(C(=O)O)CC2)n1. The Hall–Kier alpha value is -1.70. The van der Waals surface area contributed by atoms with Gasteiger partial charge in [-0.2, -0.15) is 5.11 Å². The van der Waals surface area contributed by atoms with E-state index < -0.39 is 5.97 Å². The van der Waals surface area contributed by atoms with Crippen molar-refractivity contribution in [2.75, 3.05) is 18.0 Å². The van der Waals surface area contributed by atoms with Gasteiger partial charge >= 0.3 is 5.97 Å². The van der Waals surface area contributed by atoms with Gasteiger partial charge in [-0.1, -0.05) is 5.22 Å². The number of aliphatic carboxylic acids is 1. The van der Waals surface area contributed by atoms with Gasteiger partial charge in [0.1, 0.15) is 6.54 Å². The lowest BCUT2D eigenvalue weighted by Crippen LogP contribution is -2.36. The first kappa shape index (κ1) is 12.7. The predicted octanol–water partition coefficient (Wildman–Crippen LogP) is 1.27. The molecule has 0 spiro atoms. The van der Waals surface area contributed by atoms with E-state index in [0.29, 0.717) is 19.4 Å². The van der Waals surface area contributed by atoms with E-state index in [1.165, 1.54) is 0 Å². The number of nitrogens with two attached hydrogens (primary N) is 1. The molecule has 18 heavy (non-hydrogen) atoms. The molecule has 0 saturated carbocycles. The molecular formula is C10H15N5O2S. The largest absolute Gasteiger partial charge is 0.481 e. The van der Waals surface area contributed by atoms with Gasteiger partial charge in [0.2, 0.25) is 0 Å². The van der Waals surface area contributed by atoms with Gasteiger partial charge in [0.15, 0.2) is 5.13 Å². The van der Waals surface area contributed by atoms with Crippen molar-refractivity contribution in [3.63, 3.8) is 0 Å². The maximum absolute atomic E-state index is 10.9. The lowest BCUT2D eigenvalue weighted by Gasteiger charge is -2.29. The molecule has 1 aromatic heterocycles. The van der Waals surface area contributed by atoms with Crippen molar-refractivity contribution in [2.45, 2.75) is 19.4 Å². The molecule has 7 nitrogen and oxygen atoms in total. The summed E-state index contributed by atoms with van der Waals surface area (Å²) in [7, 11) is 0. The molecule has 0 aliphatic carbocycles. The predicted molar refractivity (Wildman–Crippen MR) is 67.4 cm³/mol. The molecule has 2 heterocycles. The summed E-state index contributed by atoms with van der Waals surface area (Å²) in [5.41, 5.74) is 0.838. The van der Waals surface area contributed by atoms with Crippen molar-refractivity contribution >= 4 is 22.4 Å². The minimum atomic E-state index is -0.696. The molecule has 0 amide bonds. The molecule has 0 unspecified atom stereocenters. The molecule has 0 atom stereocenters. The minimum absolute atomic E-state index is 0.216. The number of hydrogen-bond acceptors (Lipinski definition) is 6. The Kier molecular flexibility index (Phi) is 4.08. The maximum atomic E-state index is 10.9. The van der Waals surface area contributed by atoms with E-state index in [2.05, 4.69) is 20.2 Å². The Labute approximate surface area is 108 Å². The van der Waals surface area contributed by atoms with E-state index >= 15 is 0 Å². The molecule has 1 aromatic rings. The number of piperidine rings is 1. The van der Waals surface area contributed by atoms with Crippen LogP contribution < -0.4 is 10.7 Å². The number of aromatic nitrogens is 1. The van der Waals surface area contributed by atoms with Crippen LogP contribution in [-0.2, 0) is 11.3 Å². The highest BCUT2D eigenvalue weighted by Crippen LogP contribution is 2.26. The average molecular weight is 269 g/mol. The summed E-state index contributed by atoms with van der Waals surface area (Å²) in [5.74, 6) is 4.03. The van der Waals surface area contributed by atoms with Gasteiger partial charge in [-0.05, 0) is 12.8 Å². The number of hydrogen-bond donors (Lipinski definition) is 2. The summed E-state index contributed by atoms with van der Waals surface area (Å²) >= 11 is 1.54. The zero-order chi connectivity index (χ0) is 13.0. The number of rotatable bonds is 4. The average Bonchev–Trinajstić information content (AvgIpc) is 2.85. The summed E-state index contributed by atoms with van der Waals surface area (Å²) in [6.45, 7) is 1.86. The second-order valence-electron chi connectivity index (χ2n) is 4.14. The van der Waals surface area contributed by atoms with E-state index in [0.717, 1.165) is 23.9 Å². The van der Waals surface area contributed by atoms with Crippen LogP contribution >= 0.6 is 11.3 Å². The molecule has 3 N–H and O–H groups in total. The molecule has 8 heteroatoms. The standard InChI is InChI=1S/C10H15N5O2S/c11-14-12-5-8-6-18-10(13-8)15-3-1-7(2-4-15)9(16)17/h6-7H,1-5H2,(H2,11,12)(H,16,17).